The third-order valence-corrected chi connectivity index (χ3v) is 3.86. The molecule has 0 aliphatic carbocycles. The fourth-order valence-corrected chi connectivity index (χ4v) is 2.46. The number of rotatable bonds is 6. The molecule has 2 aromatic carbocycles. The van der Waals surface area contributed by atoms with Crippen LogP contribution in [0.15, 0.2) is 60.7 Å². The number of nitrogens with zero attached hydrogens (tertiary/aromatic N) is 2. The van der Waals surface area contributed by atoms with E-state index in [0.29, 0.717) is 17.3 Å². The Hall–Kier alpha value is -3.21. The fourth-order valence-electron chi connectivity index (χ4n) is 2.46. The predicted molar refractivity (Wildman–Crippen MR) is 105 cm³/mol. The number of hydrogen-bond donors (Lipinski definition) is 2. The summed E-state index contributed by atoms with van der Waals surface area (Å²) in [5.41, 5.74) is 3.08. The van der Waals surface area contributed by atoms with E-state index in [4.69, 9.17) is 0 Å². The average Bonchev–Trinajstić information content (AvgIpc) is 2.68. The molecular formula is C21H22N4O. The standard InChI is InChI=1S/C21H22N4O/c1-3-13-22-19-14-18(21(26)23-17-11-9-15(2)10-12-17)24-20(25-19)16-7-5-4-6-8-16/h4-12,14H,3,13H2,1-2H3,(H,23,26)(H,22,24,25). The van der Waals surface area contributed by atoms with Gasteiger partial charge in [0.05, 0.1) is 0 Å². The van der Waals surface area contributed by atoms with E-state index in [1.807, 2.05) is 61.5 Å². The van der Waals surface area contributed by atoms with E-state index >= 15 is 0 Å². The molecule has 0 saturated carbocycles. The van der Waals surface area contributed by atoms with Gasteiger partial charge in [0.25, 0.3) is 5.91 Å². The Morgan fingerprint density at radius 2 is 1.73 bits per heavy atom. The van der Waals surface area contributed by atoms with Crippen LogP contribution in [0.2, 0.25) is 0 Å². The SMILES string of the molecule is CCCNc1cc(C(=O)Nc2ccc(C)cc2)nc(-c2ccccc2)n1. The van der Waals surface area contributed by atoms with Crippen LogP contribution in [0.5, 0.6) is 0 Å². The molecule has 1 amide bonds. The molecular weight excluding hydrogens is 324 g/mol. The summed E-state index contributed by atoms with van der Waals surface area (Å²) >= 11 is 0. The maximum atomic E-state index is 12.7. The summed E-state index contributed by atoms with van der Waals surface area (Å²) in [6, 6.07) is 19.0. The van der Waals surface area contributed by atoms with Crippen molar-refractivity contribution >= 4 is 17.4 Å². The van der Waals surface area contributed by atoms with Gasteiger partial charge in [0.2, 0.25) is 0 Å². The molecule has 3 aromatic rings. The van der Waals surface area contributed by atoms with E-state index in [1.165, 1.54) is 0 Å². The van der Waals surface area contributed by atoms with Gasteiger partial charge in [-0.3, -0.25) is 4.79 Å². The summed E-state index contributed by atoms with van der Waals surface area (Å²) in [6.45, 7) is 4.87. The molecule has 0 fully saturated rings. The predicted octanol–water partition coefficient (Wildman–Crippen LogP) is 4.53. The lowest BCUT2D eigenvalue weighted by atomic mass is 10.2. The molecule has 1 heterocycles. The number of aromatic nitrogens is 2. The van der Waals surface area contributed by atoms with Crippen molar-refractivity contribution in [2.24, 2.45) is 0 Å². The topological polar surface area (TPSA) is 66.9 Å². The first kappa shape index (κ1) is 17.6. The quantitative estimate of drug-likeness (QED) is 0.688. The Balaban J connectivity index is 1.91. The van der Waals surface area contributed by atoms with Gasteiger partial charge < -0.3 is 10.6 Å². The number of carbonyl (C=O) groups is 1. The normalized spacial score (nSPS) is 10.4. The molecule has 0 aliphatic rings. The number of hydrogen-bond acceptors (Lipinski definition) is 4. The Labute approximate surface area is 153 Å². The van der Waals surface area contributed by atoms with E-state index in [1.54, 1.807) is 6.07 Å². The highest BCUT2D eigenvalue weighted by Gasteiger charge is 2.13. The van der Waals surface area contributed by atoms with Crippen LogP contribution < -0.4 is 10.6 Å². The lowest BCUT2D eigenvalue weighted by molar-refractivity contribution is 0.102. The maximum Gasteiger partial charge on any atom is 0.274 e. The minimum atomic E-state index is -0.256. The van der Waals surface area contributed by atoms with Gasteiger partial charge in [0.1, 0.15) is 11.5 Å². The maximum absolute atomic E-state index is 12.7. The summed E-state index contributed by atoms with van der Waals surface area (Å²) in [4.78, 5) is 21.7. The summed E-state index contributed by atoms with van der Waals surface area (Å²) in [5.74, 6) is 0.920. The average molecular weight is 346 g/mol. The highest BCUT2D eigenvalue weighted by Crippen LogP contribution is 2.19. The summed E-state index contributed by atoms with van der Waals surface area (Å²) in [7, 11) is 0. The number of benzene rings is 2. The molecule has 0 unspecified atom stereocenters. The molecule has 0 radical (unpaired) electrons. The van der Waals surface area contributed by atoms with Crippen LogP contribution in [0.3, 0.4) is 0 Å². The zero-order chi connectivity index (χ0) is 18.4. The molecule has 5 nitrogen and oxygen atoms in total. The number of carbonyl (C=O) groups excluding carboxylic acids is 1. The van der Waals surface area contributed by atoms with Gasteiger partial charge in [-0.1, -0.05) is 55.0 Å². The van der Waals surface area contributed by atoms with E-state index in [2.05, 4.69) is 27.5 Å². The molecule has 0 atom stereocenters. The molecule has 0 spiro atoms. The first-order chi connectivity index (χ1) is 12.7. The van der Waals surface area contributed by atoms with Crippen LogP contribution in [0, 0.1) is 6.92 Å². The molecule has 5 heteroatoms. The third-order valence-electron chi connectivity index (χ3n) is 3.86. The second-order valence-corrected chi connectivity index (χ2v) is 6.07. The zero-order valence-corrected chi connectivity index (χ0v) is 15.0. The number of amides is 1. The fraction of sp³-hybridized carbons (Fsp3) is 0.190. The minimum absolute atomic E-state index is 0.256. The summed E-state index contributed by atoms with van der Waals surface area (Å²) in [6.07, 6.45) is 0.968. The monoisotopic (exact) mass is 346 g/mol. The van der Waals surface area contributed by atoms with E-state index < -0.39 is 0 Å². The van der Waals surface area contributed by atoms with Gasteiger partial charge in [-0.15, -0.1) is 0 Å². The minimum Gasteiger partial charge on any atom is -0.370 e. The van der Waals surface area contributed by atoms with Crippen LogP contribution >= 0.6 is 0 Å². The van der Waals surface area contributed by atoms with Crippen LogP contribution in [-0.4, -0.2) is 22.4 Å². The van der Waals surface area contributed by atoms with E-state index in [-0.39, 0.29) is 5.91 Å². The molecule has 2 N–H and O–H groups in total. The molecule has 3 rings (SSSR count). The molecule has 132 valence electrons. The largest absolute Gasteiger partial charge is 0.370 e. The van der Waals surface area contributed by atoms with Gasteiger partial charge in [0.15, 0.2) is 5.82 Å². The van der Waals surface area contributed by atoms with Crippen molar-refractivity contribution in [3.8, 4) is 11.4 Å². The summed E-state index contributed by atoms with van der Waals surface area (Å²) in [5, 5.41) is 6.13. The van der Waals surface area contributed by atoms with E-state index in [9.17, 15) is 4.79 Å². The highest BCUT2D eigenvalue weighted by atomic mass is 16.1. The van der Waals surface area contributed by atoms with Gasteiger partial charge in [-0.2, -0.15) is 0 Å². The van der Waals surface area contributed by atoms with Crippen molar-refractivity contribution in [3.63, 3.8) is 0 Å². The van der Waals surface area contributed by atoms with Crippen LogP contribution in [-0.2, 0) is 0 Å². The molecule has 0 saturated heterocycles. The number of aryl methyl sites for hydroxylation is 1. The van der Waals surface area contributed by atoms with Crippen molar-refractivity contribution in [1.29, 1.82) is 0 Å². The number of nitrogens with one attached hydrogen (secondary N) is 2. The van der Waals surface area contributed by atoms with Gasteiger partial charge >= 0.3 is 0 Å². The van der Waals surface area contributed by atoms with Crippen LogP contribution in [0.4, 0.5) is 11.5 Å². The van der Waals surface area contributed by atoms with Crippen LogP contribution in [0.25, 0.3) is 11.4 Å². The smallest absolute Gasteiger partial charge is 0.274 e. The molecule has 26 heavy (non-hydrogen) atoms. The summed E-state index contributed by atoms with van der Waals surface area (Å²) < 4.78 is 0. The second kappa shape index (κ2) is 8.25. The first-order valence-electron chi connectivity index (χ1n) is 8.72. The lowest BCUT2D eigenvalue weighted by Gasteiger charge is -2.10. The van der Waals surface area contributed by atoms with Crippen molar-refractivity contribution in [2.45, 2.75) is 20.3 Å². The zero-order valence-electron chi connectivity index (χ0n) is 15.0. The van der Waals surface area contributed by atoms with Gasteiger partial charge in [0, 0.05) is 23.9 Å². The first-order valence-corrected chi connectivity index (χ1v) is 8.72. The Morgan fingerprint density at radius 1 is 1.00 bits per heavy atom. The molecule has 0 aliphatic heterocycles. The number of anilines is 2. The van der Waals surface area contributed by atoms with E-state index in [0.717, 1.165) is 29.8 Å². The highest BCUT2D eigenvalue weighted by molar-refractivity contribution is 6.03. The Morgan fingerprint density at radius 3 is 2.42 bits per heavy atom. The lowest BCUT2D eigenvalue weighted by Crippen LogP contribution is -2.16. The van der Waals surface area contributed by atoms with Gasteiger partial charge in [-0.05, 0) is 25.5 Å². The third kappa shape index (κ3) is 4.45. The Kier molecular flexibility index (Phi) is 5.59. The van der Waals surface area contributed by atoms with Crippen molar-refractivity contribution < 1.29 is 4.79 Å². The van der Waals surface area contributed by atoms with Gasteiger partial charge in [-0.25, -0.2) is 9.97 Å². The van der Waals surface area contributed by atoms with Crippen molar-refractivity contribution in [2.75, 3.05) is 17.2 Å². The van der Waals surface area contributed by atoms with Crippen molar-refractivity contribution in [1.82, 2.24) is 9.97 Å². The van der Waals surface area contributed by atoms with Crippen molar-refractivity contribution in [3.05, 3.63) is 71.9 Å². The Bertz CT molecular complexity index is 876. The molecule has 1 aromatic heterocycles. The van der Waals surface area contributed by atoms with Crippen LogP contribution in [0.1, 0.15) is 29.4 Å². The second-order valence-electron chi connectivity index (χ2n) is 6.07. The molecule has 0 bridgehead atoms.